The molecule has 0 bridgehead atoms. The van der Waals surface area contributed by atoms with Gasteiger partial charge < -0.3 is 4.48 Å². The lowest BCUT2D eigenvalue weighted by Gasteiger charge is -2.10. The van der Waals surface area contributed by atoms with E-state index in [0.29, 0.717) is 6.85 Å². The van der Waals surface area contributed by atoms with Gasteiger partial charge in [0.05, 0.1) is 6.33 Å². The first-order valence-electron chi connectivity index (χ1n) is 3.15. The van der Waals surface area contributed by atoms with E-state index >= 15 is 0 Å². The van der Waals surface area contributed by atoms with Crippen LogP contribution in [0.1, 0.15) is 6.92 Å². The van der Waals surface area contributed by atoms with Crippen LogP contribution in [0.15, 0.2) is 18.7 Å². The standard InChI is InChI=1S/C6H10BN2/c1-3-7(2)9-5-4-8-6-9/h4-6H,2-3H2,1H3. The minimum Gasteiger partial charge on any atom is -0.492 e. The molecular formula is C6H10BN2. The Kier molecular flexibility index (Phi) is 1.83. The number of imidazole rings is 1. The molecule has 0 aliphatic heterocycles. The first kappa shape index (κ1) is 6.27. The normalized spacial score (nSPS) is 10.4. The average molecular weight is 121 g/mol. The smallest absolute Gasteiger partial charge is 0.217 e. The Hall–Kier alpha value is -0.855. The molecule has 0 aromatic carbocycles. The fourth-order valence-corrected chi connectivity index (χ4v) is 0.696. The molecule has 0 atom stereocenters. The van der Waals surface area contributed by atoms with Crippen LogP contribution in [0.5, 0.6) is 0 Å². The van der Waals surface area contributed by atoms with Crippen LogP contribution in [0.2, 0.25) is 6.32 Å². The molecule has 1 aromatic rings. The highest BCUT2D eigenvalue weighted by atomic mass is 15.0. The summed E-state index contributed by atoms with van der Waals surface area (Å²) in [6.07, 6.45) is 6.55. The van der Waals surface area contributed by atoms with Gasteiger partial charge in [0.25, 0.3) is 0 Å². The van der Waals surface area contributed by atoms with Crippen molar-refractivity contribution in [2.45, 2.75) is 13.2 Å². The van der Waals surface area contributed by atoms with Gasteiger partial charge in [0.2, 0.25) is 6.85 Å². The zero-order valence-electron chi connectivity index (χ0n) is 5.62. The van der Waals surface area contributed by atoms with Crippen molar-refractivity contribution in [3.05, 3.63) is 25.5 Å². The molecule has 1 aromatic heterocycles. The average Bonchev–Trinajstić information content (AvgIpc) is 2.37. The van der Waals surface area contributed by atoms with Crippen LogP contribution < -0.4 is 0 Å². The summed E-state index contributed by atoms with van der Waals surface area (Å²) in [5.41, 5.74) is 0. The van der Waals surface area contributed by atoms with Crippen molar-refractivity contribution in [1.29, 1.82) is 0 Å². The maximum atomic E-state index is 3.92. The quantitative estimate of drug-likeness (QED) is 0.423. The highest BCUT2D eigenvalue weighted by Crippen LogP contribution is 1.93. The van der Waals surface area contributed by atoms with Crippen LogP contribution in [0.4, 0.5) is 0 Å². The number of hydrogen-bond acceptors (Lipinski definition) is 1. The number of hydrogen-bond donors (Lipinski definition) is 0. The van der Waals surface area contributed by atoms with Crippen molar-refractivity contribution in [2.24, 2.45) is 0 Å². The van der Waals surface area contributed by atoms with E-state index in [-0.39, 0.29) is 0 Å². The van der Waals surface area contributed by atoms with E-state index in [1.807, 2.05) is 10.7 Å². The van der Waals surface area contributed by atoms with Crippen LogP contribution in [0.3, 0.4) is 0 Å². The van der Waals surface area contributed by atoms with E-state index in [1.54, 1.807) is 12.5 Å². The van der Waals surface area contributed by atoms with Crippen LogP contribution in [0.25, 0.3) is 0 Å². The number of rotatable bonds is 2. The van der Waals surface area contributed by atoms with Crippen molar-refractivity contribution < 1.29 is 0 Å². The Morgan fingerprint density at radius 3 is 3.00 bits per heavy atom. The van der Waals surface area contributed by atoms with Crippen molar-refractivity contribution in [1.82, 2.24) is 9.46 Å². The Bertz CT molecular complexity index is 160. The minimum absolute atomic E-state index is 0.340. The molecule has 0 spiro atoms. The summed E-state index contributed by atoms with van der Waals surface area (Å²) in [6.45, 7) is 6.37. The van der Waals surface area contributed by atoms with Gasteiger partial charge in [-0.1, -0.05) is 6.92 Å². The Labute approximate surface area is 56.0 Å². The fraction of sp³-hybridized carbons (Fsp3) is 0.333. The molecule has 0 aliphatic carbocycles. The van der Waals surface area contributed by atoms with Gasteiger partial charge in [-0.15, -0.1) is 13.1 Å². The van der Waals surface area contributed by atoms with Gasteiger partial charge in [-0.25, -0.2) is 4.98 Å². The molecule has 1 radical (unpaired) electrons. The minimum atomic E-state index is 0.340. The maximum absolute atomic E-state index is 3.92. The van der Waals surface area contributed by atoms with Crippen molar-refractivity contribution in [3.63, 3.8) is 0 Å². The van der Waals surface area contributed by atoms with E-state index in [4.69, 9.17) is 0 Å². The predicted molar refractivity (Wildman–Crippen MR) is 39.2 cm³/mol. The molecule has 2 nitrogen and oxygen atoms in total. The molecule has 0 amide bonds. The van der Waals surface area contributed by atoms with Gasteiger partial charge in [0, 0.05) is 6.20 Å². The predicted octanol–water partition coefficient (Wildman–Crippen LogP) is 1.12. The van der Waals surface area contributed by atoms with Gasteiger partial charge in [-0.3, -0.25) is 0 Å². The second-order valence-electron chi connectivity index (χ2n) is 2.07. The van der Waals surface area contributed by atoms with E-state index in [2.05, 4.69) is 18.7 Å². The Morgan fingerprint density at radius 2 is 2.56 bits per heavy atom. The summed E-state index contributed by atoms with van der Waals surface area (Å²) >= 11 is 0. The third-order valence-corrected chi connectivity index (χ3v) is 1.42. The SMILES string of the molecule is [CH2+][B-](CC)n1ccnc1. The molecule has 0 saturated heterocycles. The molecule has 3 heteroatoms. The van der Waals surface area contributed by atoms with Gasteiger partial charge in [-0.2, -0.15) is 0 Å². The monoisotopic (exact) mass is 121 g/mol. The molecule has 0 saturated carbocycles. The lowest BCUT2D eigenvalue weighted by molar-refractivity contribution is 1.14. The highest BCUT2D eigenvalue weighted by Gasteiger charge is 1.97. The van der Waals surface area contributed by atoms with E-state index in [0.717, 1.165) is 6.32 Å². The van der Waals surface area contributed by atoms with E-state index in [1.165, 1.54) is 0 Å². The second kappa shape index (κ2) is 2.62. The number of nitrogens with zero attached hydrogens (tertiary/aromatic N) is 2. The van der Waals surface area contributed by atoms with E-state index in [9.17, 15) is 0 Å². The summed E-state index contributed by atoms with van der Waals surface area (Å²) in [4.78, 5) is 3.91. The van der Waals surface area contributed by atoms with E-state index < -0.39 is 0 Å². The van der Waals surface area contributed by atoms with Crippen molar-refractivity contribution in [3.8, 4) is 0 Å². The third kappa shape index (κ3) is 1.28. The summed E-state index contributed by atoms with van der Waals surface area (Å²) in [6, 6.07) is 0. The van der Waals surface area contributed by atoms with Crippen LogP contribution in [-0.2, 0) is 0 Å². The lowest BCUT2D eigenvalue weighted by Crippen LogP contribution is -2.17. The zero-order chi connectivity index (χ0) is 6.69. The first-order valence-corrected chi connectivity index (χ1v) is 3.15. The molecule has 0 unspecified atom stereocenters. The molecular weight excluding hydrogens is 111 g/mol. The fourth-order valence-electron chi connectivity index (χ4n) is 0.696. The van der Waals surface area contributed by atoms with Crippen LogP contribution in [0, 0.1) is 6.82 Å². The lowest BCUT2D eigenvalue weighted by atomic mass is 9.62. The number of aromatic nitrogens is 2. The van der Waals surface area contributed by atoms with Gasteiger partial charge in [0.1, 0.15) is 0 Å². The Balaban J connectivity index is 2.65. The molecule has 47 valence electrons. The molecule has 0 N–H and O–H groups in total. The maximum Gasteiger partial charge on any atom is 0.217 e. The highest BCUT2D eigenvalue weighted by molar-refractivity contribution is 6.58. The van der Waals surface area contributed by atoms with Gasteiger partial charge in [-0.05, 0) is 6.20 Å². The summed E-state index contributed by atoms with van der Waals surface area (Å²) in [7, 11) is 0. The topological polar surface area (TPSA) is 17.8 Å². The zero-order valence-corrected chi connectivity index (χ0v) is 5.62. The Morgan fingerprint density at radius 1 is 1.78 bits per heavy atom. The second-order valence-corrected chi connectivity index (χ2v) is 2.07. The van der Waals surface area contributed by atoms with Crippen molar-refractivity contribution >= 4 is 6.85 Å². The molecule has 0 fully saturated rings. The van der Waals surface area contributed by atoms with Crippen LogP contribution in [-0.4, -0.2) is 16.3 Å². The molecule has 1 rings (SSSR count). The van der Waals surface area contributed by atoms with Gasteiger partial charge >= 0.3 is 0 Å². The summed E-state index contributed by atoms with van der Waals surface area (Å²) in [5.74, 6) is 0. The summed E-state index contributed by atoms with van der Waals surface area (Å²) in [5, 5.41) is 0. The molecule has 9 heavy (non-hydrogen) atoms. The van der Waals surface area contributed by atoms with Crippen molar-refractivity contribution in [2.75, 3.05) is 0 Å². The molecule has 1 heterocycles. The third-order valence-electron chi connectivity index (χ3n) is 1.42. The largest absolute Gasteiger partial charge is 0.492 e. The van der Waals surface area contributed by atoms with Crippen LogP contribution >= 0.6 is 0 Å². The molecule has 0 aliphatic rings. The first-order chi connectivity index (χ1) is 4.34. The summed E-state index contributed by atoms with van der Waals surface area (Å²) < 4.78 is 2.00. The van der Waals surface area contributed by atoms with Gasteiger partial charge in [0.15, 0.2) is 0 Å².